The number of nitrogens with zero attached hydrogens (tertiary/aromatic N) is 4. The molecule has 4 rings (SSSR count). The average Bonchev–Trinajstić information content (AvgIpc) is 3.12. The highest BCUT2D eigenvalue weighted by molar-refractivity contribution is 5.88. The SMILES string of the molecule is CCc1cn(NC(=O)Oc2cnc(-c3ccccn3)nc2C)c2ccc(C(F)(F)F)cc12. The monoisotopic (exact) mass is 441 g/mol. The second kappa shape index (κ2) is 8.29. The Labute approximate surface area is 180 Å². The number of fused-ring (bicyclic) bond motifs is 1. The van der Waals surface area contributed by atoms with E-state index in [0.29, 0.717) is 40.1 Å². The van der Waals surface area contributed by atoms with Crippen molar-refractivity contribution >= 4 is 17.0 Å². The van der Waals surface area contributed by atoms with Gasteiger partial charge in [-0.3, -0.25) is 9.66 Å². The van der Waals surface area contributed by atoms with Gasteiger partial charge in [-0.15, -0.1) is 0 Å². The number of halogens is 3. The summed E-state index contributed by atoms with van der Waals surface area (Å²) in [7, 11) is 0. The lowest BCUT2D eigenvalue weighted by atomic mass is 10.1. The van der Waals surface area contributed by atoms with Gasteiger partial charge in [0.1, 0.15) is 5.69 Å². The molecule has 1 aromatic carbocycles. The number of rotatable bonds is 4. The number of ether oxygens (including phenoxy) is 1. The van der Waals surface area contributed by atoms with Crippen molar-refractivity contribution in [3.05, 3.63) is 71.8 Å². The highest BCUT2D eigenvalue weighted by Gasteiger charge is 2.31. The van der Waals surface area contributed by atoms with Crippen LogP contribution in [0.4, 0.5) is 18.0 Å². The molecule has 0 saturated carbocycles. The van der Waals surface area contributed by atoms with Crippen LogP contribution in [0.3, 0.4) is 0 Å². The number of carbonyl (C=O) groups is 1. The van der Waals surface area contributed by atoms with Crippen LogP contribution in [0.5, 0.6) is 5.75 Å². The lowest BCUT2D eigenvalue weighted by Crippen LogP contribution is -2.25. The molecule has 0 spiro atoms. The molecule has 1 N–H and O–H groups in total. The summed E-state index contributed by atoms with van der Waals surface area (Å²) in [6.45, 7) is 3.48. The zero-order valence-electron chi connectivity index (χ0n) is 17.1. The largest absolute Gasteiger partial charge is 0.432 e. The summed E-state index contributed by atoms with van der Waals surface area (Å²) in [6.07, 6.45) is -0.237. The highest BCUT2D eigenvalue weighted by Crippen LogP contribution is 2.33. The lowest BCUT2D eigenvalue weighted by Gasteiger charge is -2.11. The van der Waals surface area contributed by atoms with Crippen molar-refractivity contribution in [2.45, 2.75) is 26.4 Å². The van der Waals surface area contributed by atoms with Crippen LogP contribution in [0.15, 0.2) is 55.0 Å². The normalized spacial score (nSPS) is 11.5. The van der Waals surface area contributed by atoms with E-state index < -0.39 is 17.8 Å². The predicted molar refractivity (Wildman–Crippen MR) is 112 cm³/mol. The average molecular weight is 441 g/mol. The van der Waals surface area contributed by atoms with Gasteiger partial charge in [-0.2, -0.15) is 13.2 Å². The fourth-order valence-corrected chi connectivity index (χ4v) is 3.24. The molecule has 0 saturated heterocycles. The van der Waals surface area contributed by atoms with Gasteiger partial charge in [0.05, 0.1) is 23.0 Å². The molecular formula is C22H18F3N5O2. The van der Waals surface area contributed by atoms with Crippen LogP contribution in [0.2, 0.25) is 0 Å². The van der Waals surface area contributed by atoms with Crippen LogP contribution in [-0.2, 0) is 12.6 Å². The third kappa shape index (κ3) is 4.25. The van der Waals surface area contributed by atoms with Gasteiger partial charge in [0.2, 0.25) is 0 Å². The minimum absolute atomic E-state index is 0.147. The number of aryl methyl sites for hydroxylation is 2. The Bertz CT molecular complexity index is 1290. The molecule has 3 aromatic heterocycles. The van der Waals surface area contributed by atoms with E-state index in [1.807, 2.05) is 13.0 Å². The highest BCUT2D eigenvalue weighted by atomic mass is 19.4. The Morgan fingerprint density at radius 2 is 2.00 bits per heavy atom. The molecule has 164 valence electrons. The summed E-state index contributed by atoms with van der Waals surface area (Å²) in [4.78, 5) is 25.1. The minimum Gasteiger partial charge on any atom is -0.406 e. The van der Waals surface area contributed by atoms with Crippen molar-refractivity contribution in [3.8, 4) is 17.3 Å². The first kappa shape index (κ1) is 21.3. The molecule has 10 heteroatoms. The zero-order valence-corrected chi connectivity index (χ0v) is 17.1. The molecule has 1 amide bonds. The number of amides is 1. The second-order valence-corrected chi connectivity index (χ2v) is 6.97. The van der Waals surface area contributed by atoms with E-state index in [0.717, 1.165) is 12.1 Å². The predicted octanol–water partition coefficient (Wildman–Crippen LogP) is 5.13. The van der Waals surface area contributed by atoms with Gasteiger partial charge in [0, 0.05) is 17.8 Å². The van der Waals surface area contributed by atoms with E-state index in [1.165, 1.54) is 16.9 Å². The van der Waals surface area contributed by atoms with E-state index in [9.17, 15) is 18.0 Å². The standard InChI is InChI=1S/C22H18F3N5O2/c1-3-14-12-30(18-8-7-15(10-16(14)18)22(23,24)25)29-21(31)32-19-11-27-20(28-13(19)2)17-6-4-5-9-26-17/h4-12H,3H2,1-2H3,(H,29,31). The summed E-state index contributed by atoms with van der Waals surface area (Å²) < 4.78 is 45.9. The van der Waals surface area contributed by atoms with Gasteiger partial charge in [0.25, 0.3) is 0 Å². The lowest BCUT2D eigenvalue weighted by molar-refractivity contribution is -0.137. The number of nitrogens with one attached hydrogen (secondary N) is 1. The number of alkyl halides is 3. The molecule has 3 heterocycles. The molecule has 0 aliphatic rings. The van der Waals surface area contributed by atoms with Crippen LogP contribution >= 0.6 is 0 Å². The maximum atomic E-state index is 13.1. The number of hydrogen-bond donors (Lipinski definition) is 1. The Kier molecular flexibility index (Phi) is 5.52. The van der Waals surface area contributed by atoms with Gasteiger partial charge >= 0.3 is 12.3 Å². The molecule has 0 atom stereocenters. The van der Waals surface area contributed by atoms with E-state index in [1.54, 1.807) is 31.5 Å². The summed E-state index contributed by atoms with van der Waals surface area (Å²) in [5, 5.41) is 0.404. The zero-order chi connectivity index (χ0) is 22.9. The quantitative estimate of drug-likeness (QED) is 0.475. The van der Waals surface area contributed by atoms with E-state index in [-0.39, 0.29) is 5.75 Å². The molecule has 0 unspecified atom stereocenters. The second-order valence-electron chi connectivity index (χ2n) is 6.97. The smallest absolute Gasteiger partial charge is 0.406 e. The van der Waals surface area contributed by atoms with Crippen molar-refractivity contribution in [3.63, 3.8) is 0 Å². The molecule has 4 aromatic rings. The molecule has 0 aliphatic heterocycles. The van der Waals surface area contributed by atoms with Crippen molar-refractivity contribution in [2.75, 3.05) is 5.43 Å². The number of benzene rings is 1. The maximum absolute atomic E-state index is 13.1. The fourth-order valence-electron chi connectivity index (χ4n) is 3.24. The van der Waals surface area contributed by atoms with Crippen molar-refractivity contribution in [1.82, 2.24) is 19.6 Å². The Balaban J connectivity index is 1.55. The van der Waals surface area contributed by atoms with Crippen molar-refractivity contribution in [2.24, 2.45) is 0 Å². The van der Waals surface area contributed by atoms with Crippen molar-refractivity contribution < 1.29 is 22.7 Å². The van der Waals surface area contributed by atoms with Gasteiger partial charge in [-0.05, 0) is 49.2 Å². The Morgan fingerprint density at radius 3 is 2.66 bits per heavy atom. The summed E-state index contributed by atoms with van der Waals surface area (Å²) in [5.41, 5.74) is 3.86. The third-order valence-electron chi connectivity index (χ3n) is 4.84. The molecule has 7 nitrogen and oxygen atoms in total. The van der Waals surface area contributed by atoms with Crippen LogP contribution in [0, 0.1) is 6.92 Å². The Morgan fingerprint density at radius 1 is 1.19 bits per heavy atom. The summed E-state index contributed by atoms with van der Waals surface area (Å²) in [5.74, 6) is 0.536. The van der Waals surface area contributed by atoms with Gasteiger partial charge in [-0.1, -0.05) is 13.0 Å². The van der Waals surface area contributed by atoms with E-state index in [4.69, 9.17) is 4.74 Å². The summed E-state index contributed by atoms with van der Waals surface area (Å²) in [6, 6.07) is 8.70. The number of hydrogen-bond acceptors (Lipinski definition) is 5. The van der Waals surface area contributed by atoms with E-state index >= 15 is 0 Å². The van der Waals surface area contributed by atoms with E-state index in [2.05, 4.69) is 20.4 Å². The molecule has 32 heavy (non-hydrogen) atoms. The molecular weight excluding hydrogens is 423 g/mol. The van der Waals surface area contributed by atoms with Gasteiger partial charge in [-0.25, -0.2) is 20.2 Å². The topological polar surface area (TPSA) is 81.9 Å². The first-order chi connectivity index (χ1) is 15.3. The Hall–Kier alpha value is -3.95. The molecule has 0 bridgehead atoms. The van der Waals surface area contributed by atoms with Gasteiger partial charge < -0.3 is 4.74 Å². The minimum atomic E-state index is -4.45. The van der Waals surface area contributed by atoms with Gasteiger partial charge in [0.15, 0.2) is 11.6 Å². The third-order valence-corrected chi connectivity index (χ3v) is 4.84. The number of aromatic nitrogens is 4. The first-order valence-electron chi connectivity index (χ1n) is 9.71. The van der Waals surface area contributed by atoms with Crippen LogP contribution < -0.4 is 10.2 Å². The summed E-state index contributed by atoms with van der Waals surface area (Å²) >= 11 is 0. The molecule has 0 aliphatic carbocycles. The fraction of sp³-hybridized carbons (Fsp3) is 0.182. The first-order valence-corrected chi connectivity index (χ1v) is 9.71. The van der Waals surface area contributed by atoms with Crippen LogP contribution in [0.25, 0.3) is 22.4 Å². The number of carbonyl (C=O) groups excluding carboxylic acids is 1. The molecule has 0 radical (unpaired) electrons. The molecule has 0 fully saturated rings. The van der Waals surface area contributed by atoms with Crippen LogP contribution in [-0.4, -0.2) is 25.7 Å². The number of pyridine rings is 1. The maximum Gasteiger partial charge on any atom is 0.432 e. The van der Waals surface area contributed by atoms with Crippen molar-refractivity contribution in [1.29, 1.82) is 0 Å². The van der Waals surface area contributed by atoms with Crippen LogP contribution in [0.1, 0.15) is 23.7 Å².